The quantitative estimate of drug-likeness (QED) is 0.149. The van der Waals surface area contributed by atoms with Crippen molar-refractivity contribution < 1.29 is 41.7 Å². The van der Waals surface area contributed by atoms with Crippen molar-refractivity contribution in [2.75, 3.05) is 40.2 Å². The molecule has 3 aromatic rings. The third-order valence-electron chi connectivity index (χ3n) is 7.07. The molecule has 0 saturated carbocycles. The van der Waals surface area contributed by atoms with E-state index in [1.807, 2.05) is 12.1 Å². The molecule has 1 saturated heterocycles. The number of aliphatic hydroxyl groups excluding tert-OH is 1. The fourth-order valence-electron chi connectivity index (χ4n) is 4.69. The van der Waals surface area contributed by atoms with Gasteiger partial charge in [0.2, 0.25) is 10.0 Å². The fraction of sp³-hybridized carbons (Fsp3) is 0.345. The average Bonchev–Trinajstić information content (AvgIpc) is 2.97. The number of phenolic OH excluding ortho intramolecular Hbond substituents is 1. The normalized spacial score (nSPS) is 15.8. The highest BCUT2D eigenvalue weighted by Crippen LogP contribution is 2.28. The Hall–Kier alpha value is -4.05. The summed E-state index contributed by atoms with van der Waals surface area (Å²) < 4.78 is 58.7. The van der Waals surface area contributed by atoms with Crippen molar-refractivity contribution in [3.8, 4) is 11.5 Å². The van der Waals surface area contributed by atoms with Gasteiger partial charge in [0.1, 0.15) is 11.5 Å². The Morgan fingerprint density at radius 2 is 1.61 bits per heavy atom. The zero-order valence-corrected chi connectivity index (χ0v) is 25.8. The second-order valence-corrected chi connectivity index (χ2v) is 14.0. The number of nitrogens with zero attached hydrogens (tertiary/aromatic N) is 1. The molecule has 15 heteroatoms. The number of phenols is 1. The molecule has 1 heterocycles. The highest BCUT2D eigenvalue weighted by atomic mass is 32.2. The van der Waals surface area contributed by atoms with Crippen molar-refractivity contribution in [3.63, 3.8) is 0 Å². The first-order chi connectivity index (χ1) is 20.7. The lowest BCUT2D eigenvalue weighted by molar-refractivity contribution is -0.144. The van der Waals surface area contributed by atoms with Gasteiger partial charge in [0.05, 0.1) is 22.9 Å². The summed E-state index contributed by atoms with van der Waals surface area (Å²) in [5.41, 5.74) is 1.80. The number of rotatable bonds is 13. The van der Waals surface area contributed by atoms with Gasteiger partial charge in [-0.3, -0.25) is 9.44 Å². The summed E-state index contributed by atoms with van der Waals surface area (Å²) >= 11 is 0. The van der Waals surface area contributed by atoms with Crippen LogP contribution in [0.25, 0.3) is 0 Å². The minimum Gasteiger partial charge on any atom is -0.506 e. The first-order valence-electron chi connectivity index (χ1n) is 13.8. The monoisotopic (exact) mass is 648 g/mol. The molecular formula is C29H36N4O9S2. The molecule has 238 valence electrons. The predicted octanol–water partition coefficient (Wildman–Crippen LogP) is 2.71. The Morgan fingerprint density at radius 3 is 2.20 bits per heavy atom. The number of carboxylic acid groups (broad SMARTS) is 1. The lowest BCUT2D eigenvalue weighted by atomic mass is 10.0. The first kappa shape index (κ1) is 32.9. The molecule has 2 atom stereocenters. The van der Waals surface area contributed by atoms with Gasteiger partial charge in [-0.1, -0.05) is 6.07 Å². The summed E-state index contributed by atoms with van der Waals surface area (Å²) in [5.74, 6) is -1.12. The smallest absolute Gasteiger partial charge is 0.344 e. The lowest BCUT2D eigenvalue weighted by Crippen LogP contribution is -2.43. The third kappa shape index (κ3) is 8.98. The zero-order chi connectivity index (χ0) is 32.1. The summed E-state index contributed by atoms with van der Waals surface area (Å²) in [6, 6.07) is 17.0. The Balaban J connectivity index is 1.26. The molecule has 3 aromatic carbocycles. The van der Waals surface area contributed by atoms with Crippen LogP contribution in [0.15, 0.2) is 71.6 Å². The van der Waals surface area contributed by atoms with Crippen molar-refractivity contribution in [3.05, 3.63) is 72.3 Å². The van der Waals surface area contributed by atoms with Gasteiger partial charge >= 0.3 is 5.97 Å². The molecular weight excluding hydrogens is 612 g/mol. The van der Waals surface area contributed by atoms with Gasteiger partial charge in [-0.2, -0.15) is 0 Å². The third-order valence-corrected chi connectivity index (χ3v) is 9.06. The summed E-state index contributed by atoms with van der Waals surface area (Å²) in [6.45, 7) is 3.12. The number of piperidine rings is 1. The maximum Gasteiger partial charge on any atom is 0.344 e. The number of sulfonamides is 2. The van der Waals surface area contributed by atoms with Gasteiger partial charge in [-0.15, -0.1) is 0 Å². The molecule has 4 rings (SSSR count). The van der Waals surface area contributed by atoms with E-state index in [2.05, 4.69) is 19.7 Å². The van der Waals surface area contributed by atoms with Crippen LogP contribution in [-0.4, -0.2) is 76.2 Å². The number of aliphatic hydroxyl groups is 1. The Bertz CT molecular complexity index is 1660. The van der Waals surface area contributed by atoms with E-state index in [1.54, 1.807) is 12.1 Å². The lowest BCUT2D eigenvalue weighted by Gasteiger charge is -2.34. The van der Waals surface area contributed by atoms with Gasteiger partial charge in [0, 0.05) is 37.1 Å². The van der Waals surface area contributed by atoms with Gasteiger partial charge in [0.25, 0.3) is 10.0 Å². The van der Waals surface area contributed by atoms with Crippen LogP contribution in [0.5, 0.6) is 11.5 Å². The van der Waals surface area contributed by atoms with Crippen molar-refractivity contribution >= 4 is 43.1 Å². The molecule has 44 heavy (non-hydrogen) atoms. The molecule has 1 aliphatic rings. The van der Waals surface area contributed by atoms with Crippen molar-refractivity contribution in [1.29, 1.82) is 0 Å². The number of carboxylic acids is 1. The predicted molar refractivity (Wildman–Crippen MR) is 166 cm³/mol. The standard InChI is InChI=1S/C29H36N4O9S2/c1-19(29(36)37)42-24-8-10-25(11-9-24)44(40,41)31-22-4-6-23(7-5-22)33-15-13-21(14-16-33)30-18-28(35)20-3-12-27(34)26(17-20)32-43(2,38)39/h3-12,17,19,21,28,30-32,34-35H,13-16,18H2,1-2H3,(H,36,37)/t19?,28-/m0/s1. The van der Waals surface area contributed by atoms with Crippen LogP contribution in [0, 0.1) is 0 Å². The number of aliphatic carboxylic acids is 1. The number of nitrogens with one attached hydrogen (secondary N) is 3. The minimum absolute atomic E-state index is 0.00425. The second kappa shape index (κ2) is 13.7. The van der Waals surface area contributed by atoms with E-state index in [0.29, 0.717) is 11.3 Å². The summed E-state index contributed by atoms with van der Waals surface area (Å²) in [6.07, 6.45) is 0.623. The molecule has 1 fully saturated rings. The van der Waals surface area contributed by atoms with Gasteiger partial charge < -0.3 is 30.3 Å². The summed E-state index contributed by atoms with van der Waals surface area (Å²) in [4.78, 5) is 13.1. The molecule has 0 radical (unpaired) electrons. The molecule has 0 aromatic heterocycles. The van der Waals surface area contributed by atoms with E-state index < -0.39 is 38.2 Å². The molecule has 13 nitrogen and oxygen atoms in total. The highest BCUT2D eigenvalue weighted by Gasteiger charge is 2.22. The van der Waals surface area contributed by atoms with E-state index in [-0.39, 0.29) is 34.7 Å². The van der Waals surface area contributed by atoms with Crippen LogP contribution >= 0.6 is 0 Å². The number of aromatic hydroxyl groups is 1. The Labute approximate surface area is 256 Å². The number of hydrogen-bond donors (Lipinski definition) is 6. The van der Waals surface area contributed by atoms with Crippen LogP contribution in [0.1, 0.15) is 31.4 Å². The van der Waals surface area contributed by atoms with Crippen LogP contribution in [-0.2, 0) is 24.8 Å². The van der Waals surface area contributed by atoms with E-state index in [4.69, 9.17) is 9.84 Å². The summed E-state index contributed by atoms with van der Waals surface area (Å²) in [7, 11) is -7.46. The molecule has 1 unspecified atom stereocenters. The van der Waals surface area contributed by atoms with Crippen LogP contribution < -0.4 is 24.4 Å². The van der Waals surface area contributed by atoms with E-state index in [0.717, 1.165) is 37.9 Å². The fourth-order valence-corrected chi connectivity index (χ4v) is 6.31. The van der Waals surface area contributed by atoms with Crippen LogP contribution in [0.4, 0.5) is 17.1 Å². The number of hydrogen-bond acceptors (Lipinski definition) is 10. The van der Waals surface area contributed by atoms with Crippen LogP contribution in [0.2, 0.25) is 0 Å². The van der Waals surface area contributed by atoms with Gasteiger partial charge in [-0.25, -0.2) is 21.6 Å². The number of carbonyl (C=O) groups is 1. The average molecular weight is 649 g/mol. The number of anilines is 3. The highest BCUT2D eigenvalue weighted by molar-refractivity contribution is 7.92. The molecule has 6 N–H and O–H groups in total. The topological polar surface area (TPSA) is 195 Å². The van der Waals surface area contributed by atoms with Crippen LogP contribution in [0.3, 0.4) is 0 Å². The minimum atomic E-state index is -3.87. The summed E-state index contributed by atoms with van der Waals surface area (Å²) in [5, 5.41) is 32.8. The zero-order valence-electron chi connectivity index (χ0n) is 24.2. The Kier molecular flexibility index (Phi) is 10.2. The van der Waals surface area contributed by atoms with Gasteiger partial charge in [-0.05, 0) is 86.0 Å². The van der Waals surface area contributed by atoms with Gasteiger partial charge in [0.15, 0.2) is 6.10 Å². The molecule has 0 bridgehead atoms. The number of ether oxygens (including phenoxy) is 1. The van der Waals surface area contributed by atoms with E-state index in [9.17, 15) is 31.8 Å². The van der Waals surface area contributed by atoms with Crippen molar-refractivity contribution in [2.45, 2.75) is 42.9 Å². The molecule has 0 aliphatic carbocycles. The number of benzene rings is 3. The van der Waals surface area contributed by atoms with Crippen molar-refractivity contribution in [2.24, 2.45) is 0 Å². The SMILES string of the molecule is CC(Oc1ccc(S(=O)(=O)Nc2ccc(N3CCC(NC[C@H](O)c4ccc(O)c(NS(C)(=O)=O)c4)CC3)cc2)cc1)C(=O)O. The van der Waals surface area contributed by atoms with E-state index in [1.165, 1.54) is 49.4 Å². The molecule has 1 aliphatic heterocycles. The molecule has 0 spiro atoms. The Morgan fingerprint density at radius 1 is 0.977 bits per heavy atom. The van der Waals surface area contributed by atoms with E-state index >= 15 is 0 Å². The maximum atomic E-state index is 12.8. The first-order valence-corrected chi connectivity index (χ1v) is 17.2. The largest absolute Gasteiger partial charge is 0.506 e. The second-order valence-electron chi connectivity index (χ2n) is 10.6. The maximum absolute atomic E-state index is 12.8. The molecule has 0 amide bonds. The van der Waals surface area contributed by atoms with Crippen molar-refractivity contribution in [1.82, 2.24) is 5.32 Å².